The highest BCUT2D eigenvalue weighted by atomic mass is 35.5. The normalized spacial score (nSPS) is 20.2. The van der Waals surface area contributed by atoms with Crippen LogP contribution in [0.5, 0.6) is 5.75 Å². The van der Waals surface area contributed by atoms with Crippen molar-refractivity contribution in [2.45, 2.75) is 38.1 Å². The maximum Gasteiger partial charge on any atom is 0.260 e. The fourth-order valence-corrected chi connectivity index (χ4v) is 3.72. The smallest absolute Gasteiger partial charge is 0.260 e. The largest absolute Gasteiger partial charge is 0.484 e. The molecular formula is C20H24ClN3O2. The molecule has 2 aromatic rings. The number of amides is 1. The van der Waals surface area contributed by atoms with E-state index in [-0.39, 0.29) is 12.5 Å². The Morgan fingerprint density at radius 1 is 1.23 bits per heavy atom. The molecule has 1 amide bonds. The van der Waals surface area contributed by atoms with Crippen LogP contribution in [0, 0.1) is 5.92 Å². The van der Waals surface area contributed by atoms with Crippen LogP contribution in [0.1, 0.15) is 37.4 Å². The topological polar surface area (TPSA) is 47.4 Å². The van der Waals surface area contributed by atoms with Gasteiger partial charge in [-0.1, -0.05) is 11.6 Å². The molecule has 2 fully saturated rings. The van der Waals surface area contributed by atoms with E-state index in [4.69, 9.17) is 16.3 Å². The summed E-state index contributed by atoms with van der Waals surface area (Å²) in [7, 11) is 0. The number of piperidine rings is 1. The van der Waals surface area contributed by atoms with Crippen LogP contribution in [0.25, 0.3) is 0 Å². The van der Waals surface area contributed by atoms with Crippen molar-refractivity contribution in [3.63, 3.8) is 0 Å². The lowest BCUT2D eigenvalue weighted by atomic mass is 9.97. The number of rotatable bonds is 6. The first-order valence-electron chi connectivity index (χ1n) is 9.36. The van der Waals surface area contributed by atoms with Crippen LogP contribution in [-0.2, 0) is 11.3 Å². The van der Waals surface area contributed by atoms with Crippen molar-refractivity contribution in [3.8, 4) is 5.75 Å². The first kappa shape index (κ1) is 17.4. The molecule has 0 N–H and O–H groups in total. The zero-order valence-electron chi connectivity index (χ0n) is 14.8. The monoisotopic (exact) mass is 373 g/mol. The minimum absolute atomic E-state index is 0.0324. The van der Waals surface area contributed by atoms with Crippen LogP contribution in [0.2, 0.25) is 5.02 Å². The number of carbonyl (C=O) groups excluding carboxylic acids is 1. The Morgan fingerprint density at radius 3 is 2.81 bits per heavy atom. The van der Waals surface area contributed by atoms with Gasteiger partial charge in [-0.3, -0.25) is 4.79 Å². The Morgan fingerprint density at radius 2 is 2.04 bits per heavy atom. The summed E-state index contributed by atoms with van der Waals surface area (Å²) >= 11 is 5.87. The third-order valence-corrected chi connectivity index (χ3v) is 5.47. The molecule has 138 valence electrons. The van der Waals surface area contributed by atoms with Crippen molar-refractivity contribution in [1.82, 2.24) is 14.5 Å². The molecule has 5 nitrogen and oxygen atoms in total. The number of imidazole rings is 1. The lowest BCUT2D eigenvalue weighted by molar-refractivity contribution is -0.134. The molecule has 1 saturated carbocycles. The van der Waals surface area contributed by atoms with Crippen LogP contribution in [0.4, 0.5) is 0 Å². The molecule has 26 heavy (non-hydrogen) atoms. The van der Waals surface area contributed by atoms with E-state index in [0.717, 1.165) is 44.2 Å². The number of hydrogen-bond acceptors (Lipinski definition) is 3. The van der Waals surface area contributed by atoms with Gasteiger partial charge in [-0.25, -0.2) is 4.98 Å². The molecule has 2 heterocycles. The summed E-state index contributed by atoms with van der Waals surface area (Å²) < 4.78 is 7.91. The highest BCUT2D eigenvalue weighted by molar-refractivity contribution is 6.30. The van der Waals surface area contributed by atoms with Crippen molar-refractivity contribution in [2.24, 2.45) is 5.92 Å². The van der Waals surface area contributed by atoms with E-state index in [1.807, 2.05) is 11.1 Å². The van der Waals surface area contributed by atoms with Crippen molar-refractivity contribution in [1.29, 1.82) is 0 Å². The summed E-state index contributed by atoms with van der Waals surface area (Å²) in [6.45, 7) is 2.65. The van der Waals surface area contributed by atoms with Crippen molar-refractivity contribution in [3.05, 3.63) is 47.5 Å². The lowest BCUT2D eigenvalue weighted by Crippen LogP contribution is -2.42. The highest BCUT2D eigenvalue weighted by Gasteiger charge is 2.29. The third kappa shape index (κ3) is 4.21. The van der Waals surface area contributed by atoms with E-state index in [1.54, 1.807) is 24.3 Å². The van der Waals surface area contributed by atoms with E-state index < -0.39 is 0 Å². The number of hydrogen-bond donors (Lipinski definition) is 0. The average Bonchev–Trinajstić information content (AvgIpc) is 3.36. The van der Waals surface area contributed by atoms with E-state index >= 15 is 0 Å². The Kier molecular flexibility index (Phi) is 5.16. The second-order valence-corrected chi connectivity index (χ2v) is 7.74. The van der Waals surface area contributed by atoms with E-state index in [1.165, 1.54) is 12.8 Å². The van der Waals surface area contributed by atoms with E-state index in [9.17, 15) is 4.79 Å². The van der Waals surface area contributed by atoms with Gasteiger partial charge in [0.2, 0.25) is 0 Å². The molecule has 1 aromatic heterocycles. The number of ether oxygens (including phenoxy) is 1. The zero-order valence-corrected chi connectivity index (χ0v) is 15.6. The fraction of sp³-hybridized carbons (Fsp3) is 0.500. The van der Waals surface area contributed by atoms with Gasteiger partial charge in [-0.2, -0.15) is 0 Å². The SMILES string of the molecule is O=C(COc1ccc(Cl)cc1)N1CCC[C@@H](c2nccn2CC2CC2)C1. The van der Waals surface area contributed by atoms with Crippen LogP contribution >= 0.6 is 11.6 Å². The molecule has 0 unspecified atom stereocenters. The first-order chi connectivity index (χ1) is 12.7. The van der Waals surface area contributed by atoms with Crippen molar-refractivity contribution >= 4 is 17.5 Å². The predicted molar refractivity (Wildman–Crippen MR) is 100 cm³/mol. The maximum absolute atomic E-state index is 12.6. The molecular weight excluding hydrogens is 350 g/mol. The molecule has 1 aliphatic carbocycles. The highest BCUT2D eigenvalue weighted by Crippen LogP contribution is 2.33. The Bertz CT molecular complexity index is 755. The predicted octanol–water partition coefficient (Wildman–Crippen LogP) is 3.73. The third-order valence-electron chi connectivity index (χ3n) is 5.21. The number of carbonyl (C=O) groups is 1. The van der Waals surface area contributed by atoms with Crippen LogP contribution in [-0.4, -0.2) is 40.1 Å². The van der Waals surface area contributed by atoms with Gasteiger partial charge in [0.1, 0.15) is 11.6 Å². The quantitative estimate of drug-likeness (QED) is 0.775. The standard InChI is InChI=1S/C20H24ClN3O2/c21-17-5-7-18(8-6-17)26-14-19(25)23-10-1-2-16(13-23)20-22-9-11-24(20)12-15-3-4-15/h5-9,11,15-16H,1-4,10,12-14H2/t16-/m1/s1. The van der Waals surface area contributed by atoms with Gasteiger partial charge >= 0.3 is 0 Å². The van der Waals surface area contributed by atoms with Gasteiger partial charge in [0.05, 0.1) is 0 Å². The van der Waals surface area contributed by atoms with Gasteiger partial charge in [-0.15, -0.1) is 0 Å². The summed E-state index contributed by atoms with van der Waals surface area (Å²) in [5.74, 6) is 2.96. The molecule has 4 rings (SSSR count). The molecule has 0 bridgehead atoms. The number of aromatic nitrogens is 2. The second-order valence-electron chi connectivity index (χ2n) is 7.30. The number of halogens is 1. The second kappa shape index (κ2) is 7.70. The van der Waals surface area contributed by atoms with Crippen LogP contribution in [0.3, 0.4) is 0 Å². The summed E-state index contributed by atoms with van der Waals surface area (Å²) in [5.41, 5.74) is 0. The Hall–Kier alpha value is -2.01. The van der Waals surface area contributed by atoms with Crippen LogP contribution in [0.15, 0.2) is 36.7 Å². The number of likely N-dealkylation sites (tertiary alicyclic amines) is 1. The van der Waals surface area contributed by atoms with Crippen molar-refractivity contribution < 1.29 is 9.53 Å². The molecule has 1 aromatic carbocycles. The van der Waals surface area contributed by atoms with Crippen molar-refractivity contribution in [2.75, 3.05) is 19.7 Å². The molecule has 1 atom stereocenters. The van der Waals surface area contributed by atoms with Gasteiger partial charge in [-0.05, 0) is 55.9 Å². The van der Waals surface area contributed by atoms with Gasteiger partial charge in [0.15, 0.2) is 6.61 Å². The van der Waals surface area contributed by atoms with Gasteiger partial charge in [0.25, 0.3) is 5.91 Å². The first-order valence-corrected chi connectivity index (χ1v) is 9.74. The van der Waals surface area contributed by atoms with E-state index in [2.05, 4.69) is 15.7 Å². The minimum Gasteiger partial charge on any atom is -0.484 e. The summed E-state index contributed by atoms with van der Waals surface area (Å²) in [4.78, 5) is 19.1. The zero-order chi connectivity index (χ0) is 17.9. The van der Waals surface area contributed by atoms with E-state index in [0.29, 0.717) is 16.7 Å². The lowest BCUT2D eigenvalue weighted by Gasteiger charge is -2.32. The van der Waals surface area contributed by atoms with Gasteiger partial charge in [0, 0.05) is 43.0 Å². The maximum atomic E-state index is 12.6. The minimum atomic E-state index is 0.0324. The summed E-state index contributed by atoms with van der Waals surface area (Å²) in [5, 5.41) is 0.657. The number of nitrogens with zero attached hydrogens (tertiary/aromatic N) is 3. The molecule has 2 aliphatic rings. The summed E-state index contributed by atoms with van der Waals surface area (Å²) in [6, 6.07) is 7.09. The Labute approximate surface area is 158 Å². The molecule has 1 saturated heterocycles. The molecule has 6 heteroatoms. The molecule has 0 radical (unpaired) electrons. The van der Waals surface area contributed by atoms with Gasteiger partial charge < -0.3 is 14.2 Å². The average molecular weight is 374 g/mol. The Balaban J connectivity index is 1.34. The molecule has 0 spiro atoms. The molecule has 1 aliphatic heterocycles. The fourth-order valence-electron chi connectivity index (χ4n) is 3.60. The summed E-state index contributed by atoms with van der Waals surface area (Å²) in [6.07, 6.45) is 8.72. The van der Waals surface area contributed by atoms with Crippen LogP contribution < -0.4 is 4.74 Å². The number of benzene rings is 1.